The zero-order valence-electron chi connectivity index (χ0n) is 20.3. The van der Waals surface area contributed by atoms with E-state index in [9.17, 15) is 18.0 Å². The van der Waals surface area contributed by atoms with Crippen molar-refractivity contribution in [1.29, 1.82) is 0 Å². The van der Waals surface area contributed by atoms with Gasteiger partial charge in [-0.2, -0.15) is 4.31 Å². The van der Waals surface area contributed by atoms with Gasteiger partial charge in [-0.25, -0.2) is 13.4 Å². The predicted molar refractivity (Wildman–Crippen MR) is 135 cm³/mol. The number of amides is 1. The molecule has 2 aromatic carbocycles. The van der Waals surface area contributed by atoms with Gasteiger partial charge in [-0.15, -0.1) is 0 Å². The molecule has 1 aliphatic heterocycles. The van der Waals surface area contributed by atoms with Gasteiger partial charge in [-0.1, -0.05) is 12.1 Å². The van der Waals surface area contributed by atoms with Crippen molar-refractivity contribution >= 4 is 21.6 Å². The summed E-state index contributed by atoms with van der Waals surface area (Å²) in [7, 11) is -1.06. The number of benzene rings is 2. The minimum atomic E-state index is -3.92. The van der Waals surface area contributed by atoms with Crippen molar-refractivity contribution in [3.63, 3.8) is 0 Å². The first-order chi connectivity index (χ1) is 17.2. The third-order valence-corrected chi connectivity index (χ3v) is 7.90. The summed E-state index contributed by atoms with van der Waals surface area (Å²) in [4.78, 5) is 32.0. The summed E-state index contributed by atoms with van der Waals surface area (Å²) in [5.74, 6) is 0.186. The Kier molecular flexibility index (Phi) is 7.41. The van der Waals surface area contributed by atoms with E-state index in [4.69, 9.17) is 9.47 Å². The number of piperidine rings is 1. The van der Waals surface area contributed by atoms with Crippen LogP contribution in [0.4, 0.5) is 5.69 Å². The van der Waals surface area contributed by atoms with E-state index in [2.05, 4.69) is 15.3 Å². The molecule has 1 fully saturated rings. The monoisotopic (exact) mass is 512 g/mol. The second-order valence-corrected chi connectivity index (χ2v) is 10.4. The van der Waals surface area contributed by atoms with E-state index in [1.807, 2.05) is 0 Å². The molecule has 0 bridgehead atoms. The fraction of sp³-hybridized carbons (Fsp3) is 0.320. The molecule has 4 rings (SSSR count). The van der Waals surface area contributed by atoms with E-state index >= 15 is 0 Å². The third-order valence-electron chi connectivity index (χ3n) is 6.02. The highest BCUT2D eigenvalue weighted by atomic mass is 32.2. The second-order valence-electron chi connectivity index (χ2n) is 8.52. The van der Waals surface area contributed by atoms with Crippen LogP contribution in [0.3, 0.4) is 0 Å². The maximum absolute atomic E-state index is 13.4. The number of anilines is 1. The quantitative estimate of drug-likeness (QED) is 0.498. The molecule has 2 heterocycles. The lowest BCUT2D eigenvalue weighted by molar-refractivity contribution is -0.120. The number of ether oxygens (including phenoxy) is 2. The van der Waals surface area contributed by atoms with Gasteiger partial charge in [-0.05, 0) is 44.0 Å². The topological polar surface area (TPSA) is 131 Å². The van der Waals surface area contributed by atoms with Gasteiger partial charge in [0.2, 0.25) is 15.9 Å². The first-order valence-corrected chi connectivity index (χ1v) is 12.9. The molecule has 190 valence electrons. The summed E-state index contributed by atoms with van der Waals surface area (Å²) in [5, 5.41) is 2.88. The van der Waals surface area contributed by atoms with Crippen LogP contribution in [-0.2, 0) is 14.8 Å². The molecule has 1 saturated heterocycles. The highest BCUT2D eigenvalue weighted by Crippen LogP contribution is 2.33. The van der Waals surface area contributed by atoms with Gasteiger partial charge in [0, 0.05) is 42.2 Å². The molecule has 0 spiro atoms. The number of hydrogen-bond acceptors (Lipinski definition) is 7. The number of carbonyl (C=O) groups excluding carboxylic acids is 1. The molecular weight excluding hydrogens is 484 g/mol. The van der Waals surface area contributed by atoms with Crippen LogP contribution in [0.2, 0.25) is 0 Å². The van der Waals surface area contributed by atoms with Gasteiger partial charge in [0.25, 0.3) is 5.56 Å². The summed E-state index contributed by atoms with van der Waals surface area (Å²) in [6.45, 7) is 2.07. The van der Waals surface area contributed by atoms with Crippen molar-refractivity contribution in [2.24, 2.45) is 5.92 Å². The van der Waals surface area contributed by atoms with Gasteiger partial charge < -0.3 is 19.8 Å². The van der Waals surface area contributed by atoms with Gasteiger partial charge >= 0.3 is 0 Å². The molecule has 1 amide bonds. The number of aromatic amines is 1. The number of aromatic nitrogens is 2. The summed E-state index contributed by atoms with van der Waals surface area (Å²) in [6, 6.07) is 13.0. The molecule has 3 aromatic rings. The lowest BCUT2D eigenvalue weighted by Crippen LogP contribution is -2.43. The number of hydrogen-bond donors (Lipinski definition) is 2. The smallest absolute Gasteiger partial charge is 0.251 e. The van der Waals surface area contributed by atoms with E-state index in [1.165, 1.54) is 30.7 Å². The summed E-state index contributed by atoms with van der Waals surface area (Å²) < 4.78 is 38.7. The molecule has 2 N–H and O–H groups in total. The molecule has 1 atom stereocenters. The Balaban J connectivity index is 1.52. The number of carbonyl (C=O) groups is 1. The van der Waals surface area contributed by atoms with Crippen LogP contribution in [0, 0.1) is 12.8 Å². The highest BCUT2D eigenvalue weighted by molar-refractivity contribution is 7.89. The maximum atomic E-state index is 13.4. The average molecular weight is 513 g/mol. The molecule has 0 unspecified atom stereocenters. The second kappa shape index (κ2) is 10.5. The summed E-state index contributed by atoms with van der Waals surface area (Å²) in [5.41, 5.74) is 1.49. The fourth-order valence-electron chi connectivity index (χ4n) is 4.20. The van der Waals surface area contributed by atoms with E-state index in [0.29, 0.717) is 47.9 Å². The molecule has 0 saturated carbocycles. The molecule has 1 aliphatic rings. The zero-order chi connectivity index (χ0) is 25.9. The number of methoxy groups -OCH3 is 2. The Morgan fingerprint density at radius 3 is 2.67 bits per heavy atom. The van der Waals surface area contributed by atoms with Crippen molar-refractivity contribution < 1.29 is 22.7 Å². The first-order valence-electron chi connectivity index (χ1n) is 11.4. The summed E-state index contributed by atoms with van der Waals surface area (Å²) >= 11 is 0. The lowest BCUT2D eigenvalue weighted by Gasteiger charge is -2.31. The van der Waals surface area contributed by atoms with E-state index in [1.54, 1.807) is 43.3 Å². The Labute approximate surface area is 209 Å². The summed E-state index contributed by atoms with van der Waals surface area (Å²) in [6.07, 6.45) is 1.09. The largest absolute Gasteiger partial charge is 0.497 e. The predicted octanol–water partition coefficient (Wildman–Crippen LogP) is 2.80. The number of nitrogens with one attached hydrogen (secondary N) is 2. The van der Waals surface area contributed by atoms with E-state index in [-0.39, 0.29) is 28.7 Å². The van der Waals surface area contributed by atoms with Crippen molar-refractivity contribution in [3.8, 4) is 22.9 Å². The molecule has 0 aliphatic carbocycles. The lowest BCUT2D eigenvalue weighted by atomic mass is 9.98. The molecular formula is C25H28N4O6S. The van der Waals surface area contributed by atoms with Gasteiger partial charge in [0.05, 0.1) is 20.1 Å². The van der Waals surface area contributed by atoms with Crippen LogP contribution >= 0.6 is 0 Å². The minimum Gasteiger partial charge on any atom is -0.497 e. The van der Waals surface area contributed by atoms with Gasteiger partial charge in [0.1, 0.15) is 22.2 Å². The number of nitrogens with zero attached hydrogens (tertiary/aromatic N) is 2. The Morgan fingerprint density at radius 2 is 1.94 bits per heavy atom. The van der Waals surface area contributed by atoms with Crippen LogP contribution in [0.15, 0.2) is 58.2 Å². The number of aryl methyl sites for hydroxylation is 1. The highest BCUT2D eigenvalue weighted by Gasteiger charge is 2.35. The van der Waals surface area contributed by atoms with E-state index < -0.39 is 15.9 Å². The number of sulfonamides is 1. The zero-order valence-corrected chi connectivity index (χ0v) is 21.1. The average Bonchev–Trinajstić information content (AvgIpc) is 2.88. The normalized spacial score (nSPS) is 16.4. The maximum Gasteiger partial charge on any atom is 0.251 e. The van der Waals surface area contributed by atoms with Crippen molar-refractivity contribution in [2.45, 2.75) is 24.7 Å². The van der Waals surface area contributed by atoms with Crippen LogP contribution in [0.5, 0.6) is 11.5 Å². The Bertz CT molecular complexity index is 1440. The number of H-pyrrole nitrogens is 1. The van der Waals surface area contributed by atoms with Crippen molar-refractivity contribution in [1.82, 2.24) is 14.3 Å². The van der Waals surface area contributed by atoms with Gasteiger partial charge in [-0.3, -0.25) is 9.59 Å². The molecule has 10 nitrogen and oxygen atoms in total. The fourth-order valence-corrected chi connectivity index (χ4v) is 5.90. The Hall–Kier alpha value is -3.70. The van der Waals surface area contributed by atoms with Crippen LogP contribution in [-0.4, -0.2) is 55.9 Å². The SMILES string of the molecule is COc1ccc(OC)c(S(=O)(=O)N2CCC[C@H](C(=O)Nc3cccc(-c4nc(C)cc(=O)[nH]4)c3)C2)c1. The van der Waals surface area contributed by atoms with E-state index in [0.717, 1.165) is 0 Å². The number of rotatable bonds is 7. The minimum absolute atomic E-state index is 0.00208. The Morgan fingerprint density at radius 1 is 1.14 bits per heavy atom. The van der Waals surface area contributed by atoms with Crippen LogP contribution in [0.25, 0.3) is 11.4 Å². The van der Waals surface area contributed by atoms with Crippen LogP contribution < -0.4 is 20.3 Å². The molecule has 11 heteroatoms. The molecule has 36 heavy (non-hydrogen) atoms. The molecule has 1 aromatic heterocycles. The standard InChI is InChI=1S/C25H28N4O6S/c1-16-12-23(30)28-24(26-16)17-6-4-8-19(13-17)27-25(31)18-7-5-11-29(15-18)36(32,33)22-14-20(34-2)9-10-21(22)35-3/h4,6,8-10,12-14,18H,5,7,11,15H2,1-3H3,(H,27,31)(H,26,28,30)/t18-/m0/s1. The first kappa shape index (κ1) is 25.4. The van der Waals surface area contributed by atoms with Crippen molar-refractivity contribution in [3.05, 3.63) is 64.6 Å². The van der Waals surface area contributed by atoms with Gasteiger partial charge in [0.15, 0.2) is 0 Å². The van der Waals surface area contributed by atoms with Crippen LogP contribution in [0.1, 0.15) is 18.5 Å². The van der Waals surface area contributed by atoms with Crippen molar-refractivity contribution in [2.75, 3.05) is 32.6 Å². The third kappa shape index (κ3) is 5.42. The molecule has 0 radical (unpaired) electrons.